The van der Waals surface area contributed by atoms with E-state index in [0.29, 0.717) is 24.3 Å². The van der Waals surface area contributed by atoms with E-state index in [-0.39, 0.29) is 23.5 Å². The average molecular weight is 463 g/mol. The highest BCUT2D eigenvalue weighted by Gasteiger charge is 2.25. The Balaban J connectivity index is -0.000000202. The fourth-order valence-electron chi connectivity index (χ4n) is 1.23. The Morgan fingerprint density at radius 3 is 1.56 bits per heavy atom. The van der Waals surface area contributed by atoms with Crippen molar-refractivity contribution < 1.29 is 43.3 Å². The number of hydrogen-bond donors (Lipinski definition) is 2. The lowest BCUT2D eigenvalue weighted by Gasteiger charge is -2.36. The zero-order valence-corrected chi connectivity index (χ0v) is 21.1. The van der Waals surface area contributed by atoms with E-state index in [1.165, 1.54) is 0 Å². The van der Waals surface area contributed by atoms with Crippen molar-refractivity contribution in [3.8, 4) is 0 Å². The Morgan fingerprint density at radius 1 is 1.00 bits per heavy atom. The van der Waals surface area contributed by atoms with E-state index in [4.69, 9.17) is 9.84 Å². The molecule has 10 nitrogen and oxygen atoms in total. The molecule has 0 aliphatic rings. The van der Waals surface area contributed by atoms with Crippen molar-refractivity contribution in [3.63, 3.8) is 0 Å². The van der Waals surface area contributed by atoms with Gasteiger partial charge in [0.15, 0.2) is 0 Å². The second-order valence-electron chi connectivity index (χ2n) is 7.16. The largest absolute Gasteiger partial charge is 0.544 e. The highest BCUT2D eigenvalue weighted by Crippen LogP contribution is 2.05. The van der Waals surface area contributed by atoms with Crippen LogP contribution in [0.1, 0.15) is 41.0 Å². The molecular weight excluding hydrogens is 420 g/mol. The maximum absolute atomic E-state index is 11.1. The first-order valence-electron chi connectivity index (χ1n) is 10.0. The molecule has 1 unspecified atom stereocenters. The smallest absolute Gasteiger partial charge is 0.333 e. The van der Waals surface area contributed by atoms with Crippen LogP contribution >= 0.6 is 0 Å². The predicted octanol–water partition coefficient (Wildman–Crippen LogP) is 0.763. The molecule has 1 atom stereocenters. The van der Waals surface area contributed by atoms with Crippen molar-refractivity contribution in [3.05, 3.63) is 24.3 Å². The van der Waals surface area contributed by atoms with Gasteiger partial charge < -0.3 is 34.3 Å². The molecule has 32 heavy (non-hydrogen) atoms. The van der Waals surface area contributed by atoms with E-state index in [2.05, 4.69) is 23.2 Å². The van der Waals surface area contributed by atoms with Crippen molar-refractivity contribution >= 4 is 23.9 Å². The second kappa shape index (κ2) is 21.5. The van der Waals surface area contributed by atoms with E-state index in [0.717, 1.165) is 0 Å². The van der Waals surface area contributed by atoms with Gasteiger partial charge >= 0.3 is 17.9 Å². The maximum Gasteiger partial charge on any atom is 0.333 e. The molecule has 0 aromatic carbocycles. The third-order valence-corrected chi connectivity index (χ3v) is 3.57. The van der Waals surface area contributed by atoms with Gasteiger partial charge in [-0.15, -0.1) is 0 Å². The maximum atomic E-state index is 11.1. The zero-order valence-electron chi connectivity index (χ0n) is 21.1. The van der Waals surface area contributed by atoms with Gasteiger partial charge in [0.05, 0.1) is 26.7 Å². The molecule has 0 aliphatic carbocycles. The van der Waals surface area contributed by atoms with Crippen molar-refractivity contribution in [1.29, 1.82) is 0 Å². The molecule has 0 bridgehead atoms. The monoisotopic (exact) mass is 462 g/mol. The average Bonchev–Trinajstić information content (AvgIpc) is 2.68. The number of carbonyl (C=O) groups is 4. The third kappa shape index (κ3) is 25.3. The van der Waals surface area contributed by atoms with Gasteiger partial charge in [0.1, 0.15) is 19.2 Å². The van der Waals surface area contributed by atoms with Gasteiger partial charge in [0.25, 0.3) is 0 Å². The lowest BCUT2D eigenvalue weighted by Crippen LogP contribution is -2.56. The lowest BCUT2D eigenvalue weighted by atomic mass is 10.2. The Hall–Kier alpha value is -2.72. The van der Waals surface area contributed by atoms with E-state index < -0.39 is 23.9 Å². The molecule has 188 valence electrons. The number of esters is 2. The summed E-state index contributed by atoms with van der Waals surface area (Å²) in [5.74, 6) is -2.63. The molecule has 0 radical (unpaired) electrons. The van der Waals surface area contributed by atoms with Crippen LogP contribution in [0.25, 0.3) is 0 Å². The van der Waals surface area contributed by atoms with Crippen LogP contribution in [0.5, 0.6) is 0 Å². The van der Waals surface area contributed by atoms with Crippen LogP contribution in [0, 0.1) is 0 Å². The van der Waals surface area contributed by atoms with Crippen LogP contribution < -0.4 is 10.4 Å². The number of hydrogen-bond acceptors (Lipinski definition) is 8. The number of nitrogens with one attached hydrogen (secondary N) is 1. The molecule has 0 heterocycles. The molecule has 0 spiro atoms. The van der Waals surface area contributed by atoms with E-state index >= 15 is 0 Å². The number of aliphatic carboxylic acids is 2. The van der Waals surface area contributed by atoms with Gasteiger partial charge in [0.2, 0.25) is 0 Å². The summed E-state index contributed by atoms with van der Waals surface area (Å²) >= 11 is 0. The third-order valence-electron chi connectivity index (χ3n) is 3.57. The van der Waals surface area contributed by atoms with E-state index in [1.54, 1.807) is 48.7 Å². The summed E-state index contributed by atoms with van der Waals surface area (Å²) < 4.78 is 9.67. The number of ether oxygens (including phenoxy) is 2. The molecule has 10 heteroatoms. The van der Waals surface area contributed by atoms with Crippen LogP contribution in [-0.4, -0.2) is 87.5 Å². The van der Waals surface area contributed by atoms with Crippen molar-refractivity contribution in [2.24, 2.45) is 0 Å². The summed E-state index contributed by atoms with van der Waals surface area (Å²) in [6, 6.07) is -0.650. The van der Waals surface area contributed by atoms with Gasteiger partial charge in [-0.2, -0.15) is 0 Å². The van der Waals surface area contributed by atoms with Gasteiger partial charge in [0, 0.05) is 17.6 Å². The van der Waals surface area contributed by atoms with E-state index in [1.807, 2.05) is 14.1 Å². The molecule has 0 aromatic rings. The number of quaternary nitrogens is 1. The molecule has 2 N–H and O–H groups in total. The summed E-state index contributed by atoms with van der Waals surface area (Å²) in [5, 5.41) is 21.2. The zero-order chi connectivity index (χ0) is 26.5. The highest BCUT2D eigenvalue weighted by molar-refractivity contribution is 5.87. The minimum atomic E-state index is -1.11. The van der Waals surface area contributed by atoms with Crippen LogP contribution in [0.2, 0.25) is 0 Å². The number of carbonyl (C=O) groups excluding carboxylic acids is 3. The highest BCUT2D eigenvalue weighted by atomic mass is 16.5. The van der Waals surface area contributed by atoms with Gasteiger partial charge in [-0.25, -0.2) is 9.59 Å². The first-order valence-corrected chi connectivity index (χ1v) is 10.0. The predicted molar refractivity (Wildman–Crippen MR) is 122 cm³/mol. The molecule has 0 aromatic heterocycles. The number of carboxylic acid groups (broad SMARTS) is 2. The van der Waals surface area contributed by atoms with Gasteiger partial charge in [-0.3, -0.25) is 4.79 Å². The summed E-state index contributed by atoms with van der Waals surface area (Å²) in [4.78, 5) is 41.6. The van der Waals surface area contributed by atoms with E-state index in [9.17, 15) is 24.3 Å². The molecule has 0 fully saturated rings. The summed E-state index contributed by atoms with van der Waals surface area (Å²) in [7, 11) is 7.24. The molecule has 0 rings (SSSR count). The SMILES string of the molecule is C=C(C)C(=O)OCC.C=C(C)C(=O)OCC[N+](C)(C)C(C)C(=O)[O-].CCC(=O)O.CNC. The minimum Gasteiger partial charge on any atom is -0.544 e. The fourth-order valence-corrected chi connectivity index (χ4v) is 1.23. The van der Waals surface area contributed by atoms with Crippen LogP contribution in [0.15, 0.2) is 24.3 Å². The summed E-state index contributed by atoms with van der Waals surface area (Å²) in [6.45, 7) is 16.0. The molecule has 0 aliphatic heterocycles. The van der Waals surface area contributed by atoms with Crippen LogP contribution in [-0.2, 0) is 28.7 Å². The van der Waals surface area contributed by atoms with Crippen molar-refractivity contribution in [2.45, 2.75) is 47.1 Å². The minimum absolute atomic E-state index is 0.163. The van der Waals surface area contributed by atoms with Crippen molar-refractivity contribution in [1.82, 2.24) is 5.32 Å². The van der Waals surface area contributed by atoms with Crippen LogP contribution in [0.4, 0.5) is 0 Å². The van der Waals surface area contributed by atoms with Gasteiger partial charge in [-0.1, -0.05) is 20.1 Å². The molecule has 0 saturated carbocycles. The number of likely N-dealkylation sites (N-methyl/N-ethyl adjacent to an activating group) is 1. The summed E-state index contributed by atoms with van der Waals surface area (Å²) in [5.41, 5.74) is 0.783. The summed E-state index contributed by atoms with van der Waals surface area (Å²) in [6.07, 6.45) is 0.222. The first kappa shape index (κ1) is 36.6. The standard InChI is InChI=1S/C11H19NO4.C6H10O2.C3H6O2.C2H7N/c1-8(2)11(15)16-7-6-12(4,5)9(3)10(13)14;1-4-8-6(7)5(2)3;1-2-3(4)5;1-3-2/h9H,1,6-7H2,2-5H3;2,4H2,1,3H3;2H2,1H3,(H,4,5);3H,1-2H3. The molecule has 0 amide bonds. The Bertz CT molecular complexity index is 601. The normalized spacial score (nSPS) is 10.3. The first-order chi connectivity index (χ1) is 14.5. The molecular formula is C22H42N2O8. The Morgan fingerprint density at radius 2 is 1.34 bits per heavy atom. The fraction of sp³-hybridized carbons (Fsp3) is 0.636. The second-order valence-corrected chi connectivity index (χ2v) is 7.16. The molecule has 0 saturated heterocycles. The lowest BCUT2D eigenvalue weighted by molar-refractivity contribution is -0.906. The number of rotatable bonds is 9. The number of nitrogens with zero attached hydrogens (tertiary/aromatic N) is 1. The van der Waals surface area contributed by atoms with Gasteiger partial charge in [-0.05, 0) is 41.8 Å². The quantitative estimate of drug-likeness (QED) is 0.288. The van der Waals surface area contributed by atoms with Crippen molar-refractivity contribution in [2.75, 3.05) is 47.9 Å². The number of carboxylic acids is 2. The Kier molecular flexibility index (Phi) is 24.6. The topological polar surface area (TPSA) is 142 Å². The van der Waals surface area contributed by atoms with Crippen LogP contribution in [0.3, 0.4) is 0 Å². The Labute approximate surface area is 192 Å².